The van der Waals surface area contributed by atoms with E-state index in [0.717, 1.165) is 69.7 Å². The van der Waals surface area contributed by atoms with Crippen molar-refractivity contribution in [3.05, 3.63) is 59.2 Å². The topological polar surface area (TPSA) is 44.8 Å². The molecule has 2 aliphatic heterocycles. The zero-order valence-corrected chi connectivity index (χ0v) is 15.6. The summed E-state index contributed by atoms with van der Waals surface area (Å²) in [6, 6.07) is 9.39. The zero-order valence-electron chi connectivity index (χ0n) is 15.6. The lowest BCUT2D eigenvalue weighted by Gasteiger charge is -2.34. The van der Waals surface area contributed by atoms with Crippen LogP contribution in [0.3, 0.4) is 0 Å². The Morgan fingerprint density at radius 2 is 1.71 bits per heavy atom. The average Bonchev–Trinajstić information content (AvgIpc) is 3.10. The van der Waals surface area contributed by atoms with Gasteiger partial charge in [0.1, 0.15) is 17.4 Å². The maximum Gasteiger partial charge on any atom is 0.238 e. The molecule has 28 heavy (non-hydrogen) atoms. The summed E-state index contributed by atoms with van der Waals surface area (Å²) in [5, 5.41) is 2.56. The highest BCUT2D eigenvalue weighted by molar-refractivity contribution is 5.92. The van der Waals surface area contributed by atoms with Crippen LogP contribution in [0.25, 0.3) is 0 Å². The van der Waals surface area contributed by atoms with E-state index in [2.05, 4.69) is 27.2 Å². The number of fused-ring (bicyclic) bond motifs is 1. The number of benzene rings is 2. The van der Waals surface area contributed by atoms with E-state index < -0.39 is 11.6 Å². The smallest absolute Gasteiger partial charge is 0.238 e. The number of rotatable bonds is 5. The first-order valence-corrected chi connectivity index (χ1v) is 9.50. The van der Waals surface area contributed by atoms with E-state index in [4.69, 9.17) is 4.74 Å². The van der Waals surface area contributed by atoms with Gasteiger partial charge in [0, 0.05) is 50.9 Å². The Morgan fingerprint density at radius 3 is 2.46 bits per heavy atom. The molecule has 0 unspecified atom stereocenters. The predicted octanol–water partition coefficient (Wildman–Crippen LogP) is 2.66. The molecule has 1 N–H and O–H groups in total. The third-order valence-electron chi connectivity index (χ3n) is 5.14. The van der Waals surface area contributed by atoms with Gasteiger partial charge in [0.05, 0.1) is 13.2 Å². The fraction of sp³-hybridized carbons (Fsp3) is 0.381. The number of anilines is 1. The van der Waals surface area contributed by atoms with E-state index in [1.54, 1.807) is 0 Å². The molecule has 0 radical (unpaired) electrons. The van der Waals surface area contributed by atoms with Crippen molar-refractivity contribution >= 4 is 11.6 Å². The molecule has 4 rings (SSSR count). The van der Waals surface area contributed by atoms with Gasteiger partial charge in [-0.2, -0.15) is 0 Å². The van der Waals surface area contributed by atoms with E-state index in [9.17, 15) is 13.6 Å². The van der Waals surface area contributed by atoms with Crippen molar-refractivity contribution in [3.63, 3.8) is 0 Å². The lowest BCUT2D eigenvalue weighted by molar-refractivity contribution is -0.117. The minimum atomic E-state index is -0.706. The molecule has 0 aliphatic carbocycles. The molecule has 2 aliphatic rings. The fourth-order valence-corrected chi connectivity index (χ4v) is 3.73. The monoisotopic (exact) mass is 387 g/mol. The molecule has 1 saturated heterocycles. The van der Waals surface area contributed by atoms with Crippen molar-refractivity contribution in [3.8, 4) is 5.75 Å². The summed E-state index contributed by atoms with van der Waals surface area (Å²) in [4.78, 5) is 16.6. The molecular weight excluding hydrogens is 364 g/mol. The third-order valence-corrected chi connectivity index (χ3v) is 5.14. The summed E-state index contributed by atoms with van der Waals surface area (Å²) >= 11 is 0. The second kappa shape index (κ2) is 8.24. The Labute approximate surface area is 162 Å². The number of hydrogen-bond acceptors (Lipinski definition) is 4. The third kappa shape index (κ3) is 4.66. The molecule has 0 bridgehead atoms. The molecule has 0 atom stereocenters. The molecule has 0 aromatic heterocycles. The summed E-state index contributed by atoms with van der Waals surface area (Å²) in [5.74, 6) is -0.682. The van der Waals surface area contributed by atoms with Crippen LogP contribution in [0, 0.1) is 11.6 Å². The van der Waals surface area contributed by atoms with Crippen LogP contribution in [0.1, 0.15) is 11.1 Å². The van der Waals surface area contributed by atoms with Crippen LogP contribution in [0.5, 0.6) is 5.75 Å². The van der Waals surface area contributed by atoms with Gasteiger partial charge in [-0.15, -0.1) is 0 Å². The Morgan fingerprint density at radius 1 is 1.00 bits per heavy atom. The van der Waals surface area contributed by atoms with Crippen molar-refractivity contribution in [2.24, 2.45) is 0 Å². The maximum atomic E-state index is 13.2. The zero-order chi connectivity index (χ0) is 19.5. The van der Waals surface area contributed by atoms with Gasteiger partial charge in [-0.25, -0.2) is 8.78 Å². The number of nitrogens with zero attached hydrogens (tertiary/aromatic N) is 2. The number of hydrogen-bond donors (Lipinski definition) is 1. The summed E-state index contributed by atoms with van der Waals surface area (Å²) in [6.45, 7) is 5.16. The largest absolute Gasteiger partial charge is 0.493 e. The molecular formula is C21H23F2N3O2. The molecule has 1 fully saturated rings. The lowest BCUT2D eigenvalue weighted by atomic mass is 10.1. The maximum absolute atomic E-state index is 13.2. The highest BCUT2D eigenvalue weighted by Gasteiger charge is 2.20. The Kier molecular flexibility index (Phi) is 5.54. The molecule has 0 saturated carbocycles. The van der Waals surface area contributed by atoms with E-state index in [-0.39, 0.29) is 18.1 Å². The first kappa shape index (κ1) is 18.8. The minimum absolute atomic E-state index is 0.140. The standard InChI is InChI=1S/C21H23F2N3O2/c22-17-10-18(23)12-19(11-17)24-21(27)14-26-6-4-25(5-7-26)13-15-1-2-20-16(9-15)3-8-28-20/h1-2,9-12H,3-8,13-14H2,(H,24,27). The summed E-state index contributed by atoms with van der Waals surface area (Å²) < 4.78 is 32.0. The number of amides is 1. The van der Waals surface area contributed by atoms with Crippen LogP contribution >= 0.6 is 0 Å². The average molecular weight is 387 g/mol. The SMILES string of the molecule is O=C(CN1CCN(Cc2ccc3c(c2)CCO3)CC1)Nc1cc(F)cc(F)c1. The quantitative estimate of drug-likeness (QED) is 0.857. The van der Waals surface area contributed by atoms with Crippen molar-refractivity contribution in [2.75, 3.05) is 44.6 Å². The van der Waals surface area contributed by atoms with Crippen LogP contribution in [0.4, 0.5) is 14.5 Å². The van der Waals surface area contributed by atoms with Gasteiger partial charge in [-0.1, -0.05) is 12.1 Å². The van der Waals surface area contributed by atoms with Gasteiger partial charge < -0.3 is 10.1 Å². The van der Waals surface area contributed by atoms with Gasteiger partial charge in [-0.05, 0) is 29.3 Å². The molecule has 2 aromatic carbocycles. The Bertz CT molecular complexity index is 846. The normalized spacial score (nSPS) is 17.2. The second-order valence-corrected chi connectivity index (χ2v) is 7.30. The number of carbonyl (C=O) groups excluding carboxylic acids is 1. The number of ether oxygens (including phenoxy) is 1. The van der Waals surface area contributed by atoms with E-state index in [1.807, 2.05) is 6.07 Å². The molecule has 148 valence electrons. The van der Waals surface area contributed by atoms with E-state index >= 15 is 0 Å². The van der Waals surface area contributed by atoms with Gasteiger partial charge in [0.2, 0.25) is 5.91 Å². The number of piperazine rings is 1. The summed E-state index contributed by atoms with van der Waals surface area (Å²) in [5.41, 5.74) is 2.70. The molecule has 2 aromatic rings. The lowest BCUT2D eigenvalue weighted by Crippen LogP contribution is -2.48. The Balaban J connectivity index is 1.24. The number of halogens is 2. The second-order valence-electron chi connectivity index (χ2n) is 7.30. The molecule has 1 amide bonds. The highest BCUT2D eigenvalue weighted by atomic mass is 19.1. The first-order valence-electron chi connectivity index (χ1n) is 9.50. The molecule has 7 heteroatoms. The first-order chi connectivity index (χ1) is 13.5. The molecule has 5 nitrogen and oxygen atoms in total. The van der Waals surface area contributed by atoms with Crippen LogP contribution in [-0.4, -0.2) is 55.0 Å². The van der Waals surface area contributed by atoms with Gasteiger partial charge in [0.25, 0.3) is 0 Å². The molecule has 0 spiro atoms. The van der Waals surface area contributed by atoms with Crippen LogP contribution in [0.15, 0.2) is 36.4 Å². The minimum Gasteiger partial charge on any atom is -0.493 e. The highest BCUT2D eigenvalue weighted by Crippen LogP contribution is 2.26. The van der Waals surface area contributed by atoms with E-state index in [1.165, 1.54) is 11.1 Å². The van der Waals surface area contributed by atoms with Crippen molar-refractivity contribution in [1.82, 2.24) is 9.80 Å². The van der Waals surface area contributed by atoms with Crippen LogP contribution < -0.4 is 10.1 Å². The molecule has 2 heterocycles. The van der Waals surface area contributed by atoms with Gasteiger partial charge in [-0.3, -0.25) is 14.6 Å². The van der Waals surface area contributed by atoms with Crippen molar-refractivity contribution in [1.29, 1.82) is 0 Å². The van der Waals surface area contributed by atoms with Gasteiger partial charge >= 0.3 is 0 Å². The number of carbonyl (C=O) groups is 1. The predicted molar refractivity (Wildman–Crippen MR) is 102 cm³/mol. The van der Waals surface area contributed by atoms with Gasteiger partial charge in [0.15, 0.2) is 0 Å². The number of nitrogens with one attached hydrogen (secondary N) is 1. The summed E-state index contributed by atoms with van der Waals surface area (Å²) in [6.07, 6.45) is 0.973. The van der Waals surface area contributed by atoms with Crippen LogP contribution in [-0.2, 0) is 17.8 Å². The summed E-state index contributed by atoms with van der Waals surface area (Å²) in [7, 11) is 0. The van der Waals surface area contributed by atoms with Crippen LogP contribution in [0.2, 0.25) is 0 Å². The van der Waals surface area contributed by atoms with Crippen molar-refractivity contribution < 1.29 is 18.3 Å². The Hall–Kier alpha value is -2.51. The van der Waals surface area contributed by atoms with E-state index in [0.29, 0.717) is 0 Å². The van der Waals surface area contributed by atoms with Crippen molar-refractivity contribution in [2.45, 2.75) is 13.0 Å². The fourth-order valence-electron chi connectivity index (χ4n) is 3.73.